The molecule has 0 atom stereocenters. The predicted octanol–water partition coefficient (Wildman–Crippen LogP) is 3.30. The number of H-pyrrole nitrogens is 1. The average Bonchev–Trinajstić information content (AvgIpc) is 3.22. The van der Waals surface area contributed by atoms with Gasteiger partial charge in [-0.3, -0.25) is 0 Å². The molecular weight excluding hydrogens is 316 g/mol. The van der Waals surface area contributed by atoms with Crippen molar-refractivity contribution in [2.45, 2.75) is 5.16 Å². The largest absolute Gasteiger partial charge is 0.512 e. The SMILES string of the molecule is C=C(O)CSc1nnc(-c2ccc(-c3ccc(OC)nc3)o2)[nH]1. The Labute approximate surface area is 136 Å². The van der Waals surface area contributed by atoms with Gasteiger partial charge in [0.15, 0.2) is 16.7 Å². The number of aromatic amines is 1. The third-order valence-electron chi connectivity index (χ3n) is 2.91. The highest BCUT2D eigenvalue weighted by molar-refractivity contribution is 7.99. The molecule has 118 valence electrons. The fourth-order valence-electron chi connectivity index (χ4n) is 1.84. The number of methoxy groups -OCH3 is 1. The first-order valence-electron chi connectivity index (χ1n) is 6.68. The van der Waals surface area contributed by atoms with E-state index in [-0.39, 0.29) is 5.76 Å². The molecule has 3 aromatic heterocycles. The molecule has 0 unspecified atom stereocenters. The van der Waals surface area contributed by atoms with E-state index < -0.39 is 0 Å². The lowest BCUT2D eigenvalue weighted by atomic mass is 10.2. The quantitative estimate of drug-likeness (QED) is 0.528. The first-order chi connectivity index (χ1) is 11.2. The van der Waals surface area contributed by atoms with Crippen molar-refractivity contribution in [1.82, 2.24) is 20.2 Å². The molecule has 0 amide bonds. The molecule has 0 aliphatic heterocycles. The number of hydrogen-bond acceptors (Lipinski definition) is 7. The number of rotatable bonds is 6. The average molecular weight is 330 g/mol. The second-order valence-corrected chi connectivity index (χ2v) is 5.55. The number of furan rings is 1. The van der Waals surface area contributed by atoms with Crippen LogP contribution in [0.25, 0.3) is 22.9 Å². The maximum atomic E-state index is 9.09. The molecule has 0 saturated carbocycles. The van der Waals surface area contributed by atoms with Crippen molar-refractivity contribution >= 4 is 11.8 Å². The normalized spacial score (nSPS) is 10.7. The van der Waals surface area contributed by atoms with Crippen molar-refractivity contribution in [2.75, 3.05) is 12.9 Å². The number of nitrogens with zero attached hydrogens (tertiary/aromatic N) is 3. The Morgan fingerprint density at radius 3 is 2.83 bits per heavy atom. The van der Waals surface area contributed by atoms with Crippen LogP contribution in [-0.2, 0) is 0 Å². The Morgan fingerprint density at radius 1 is 1.30 bits per heavy atom. The molecule has 23 heavy (non-hydrogen) atoms. The lowest BCUT2D eigenvalue weighted by Gasteiger charge is -1.99. The van der Waals surface area contributed by atoms with E-state index in [9.17, 15) is 0 Å². The molecule has 0 bridgehead atoms. The fraction of sp³-hybridized carbons (Fsp3) is 0.133. The smallest absolute Gasteiger partial charge is 0.212 e. The zero-order valence-electron chi connectivity index (χ0n) is 12.3. The van der Waals surface area contributed by atoms with Crippen LogP contribution in [0.2, 0.25) is 0 Å². The topological polar surface area (TPSA) is 97.1 Å². The van der Waals surface area contributed by atoms with Gasteiger partial charge in [-0.25, -0.2) is 4.98 Å². The highest BCUT2D eigenvalue weighted by Gasteiger charge is 2.12. The van der Waals surface area contributed by atoms with Crippen LogP contribution < -0.4 is 4.74 Å². The summed E-state index contributed by atoms with van der Waals surface area (Å²) in [6.45, 7) is 3.42. The molecule has 0 aliphatic rings. The molecule has 2 N–H and O–H groups in total. The van der Waals surface area contributed by atoms with E-state index >= 15 is 0 Å². The van der Waals surface area contributed by atoms with Crippen LogP contribution in [0.3, 0.4) is 0 Å². The van der Waals surface area contributed by atoms with Crippen molar-refractivity contribution < 1.29 is 14.3 Å². The Bertz CT molecular complexity index is 810. The number of aromatic nitrogens is 4. The summed E-state index contributed by atoms with van der Waals surface area (Å²) in [6, 6.07) is 7.27. The van der Waals surface area contributed by atoms with E-state index in [1.54, 1.807) is 25.4 Å². The highest BCUT2D eigenvalue weighted by atomic mass is 32.2. The third kappa shape index (κ3) is 3.54. The van der Waals surface area contributed by atoms with Crippen molar-refractivity contribution in [2.24, 2.45) is 0 Å². The zero-order valence-corrected chi connectivity index (χ0v) is 13.1. The number of ether oxygens (including phenoxy) is 1. The Morgan fingerprint density at radius 2 is 2.13 bits per heavy atom. The number of nitrogens with one attached hydrogen (secondary N) is 1. The molecule has 8 heteroatoms. The molecule has 0 spiro atoms. The van der Waals surface area contributed by atoms with E-state index in [2.05, 4.69) is 26.7 Å². The summed E-state index contributed by atoms with van der Waals surface area (Å²) in [6.07, 6.45) is 1.68. The van der Waals surface area contributed by atoms with Crippen molar-refractivity contribution in [3.8, 4) is 28.8 Å². The lowest BCUT2D eigenvalue weighted by Crippen LogP contribution is -1.86. The molecule has 3 rings (SSSR count). The van der Waals surface area contributed by atoms with Gasteiger partial charge in [0.2, 0.25) is 5.88 Å². The number of aliphatic hydroxyl groups excluding tert-OH is 1. The molecule has 0 fully saturated rings. The van der Waals surface area contributed by atoms with E-state index in [1.807, 2.05) is 12.1 Å². The summed E-state index contributed by atoms with van der Waals surface area (Å²) in [5, 5.41) is 17.7. The number of hydrogen-bond donors (Lipinski definition) is 2. The maximum Gasteiger partial charge on any atom is 0.212 e. The van der Waals surface area contributed by atoms with Crippen molar-refractivity contribution in [3.63, 3.8) is 0 Å². The standard InChI is InChI=1S/C15H14N4O3S/c1-9(20)8-23-15-17-14(18-19-15)12-5-4-11(22-12)10-3-6-13(21-2)16-7-10/h3-7,20H,1,8H2,2H3,(H,17,18,19). The molecule has 0 aliphatic carbocycles. The van der Waals surface area contributed by atoms with Crippen LogP contribution in [-0.4, -0.2) is 38.1 Å². The fourth-order valence-corrected chi connectivity index (χ4v) is 2.41. The van der Waals surface area contributed by atoms with Gasteiger partial charge in [0.25, 0.3) is 0 Å². The van der Waals surface area contributed by atoms with Crippen molar-refractivity contribution in [3.05, 3.63) is 42.8 Å². The highest BCUT2D eigenvalue weighted by Crippen LogP contribution is 2.28. The Hall–Kier alpha value is -2.74. The van der Waals surface area contributed by atoms with Gasteiger partial charge in [-0.1, -0.05) is 18.3 Å². The second-order valence-electron chi connectivity index (χ2n) is 4.59. The van der Waals surface area contributed by atoms with Crippen LogP contribution in [0, 0.1) is 0 Å². The first-order valence-corrected chi connectivity index (χ1v) is 7.67. The summed E-state index contributed by atoms with van der Waals surface area (Å²) in [7, 11) is 1.57. The summed E-state index contributed by atoms with van der Waals surface area (Å²) < 4.78 is 10.8. The Kier molecular flexibility index (Phi) is 4.33. The van der Waals surface area contributed by atoms with Gasteiger partial charge in [-0.2, -0.15) is 0 Å². The van der Waals surface area contributed by atoms with E-state index in [0.717, 1.165) is 5.56 Å². The van der Waals surface area contributed by atoms with Crippen LogP contribution in [0.1, 0.15) is 0 Å². The van der Waals surface area contributed by atoms with Gasteiger partial charge in [-0.05, 0) is 18.2 Å². The first kappa shape index (κ1) is 15.2. The third-order valence-corrected chi connectivity index (χ3v) is 3.85. The summed E-state index contributed by atoms with van der Waals surface area (Å²) >= 11 is 1.31. The van der Waals surface area contributed by atoms with Gasteiger partial charge >= 0.3 is 0 Å². The minimum absolute atomic E-state index is 0.0836. The van der Waals surface area contributed by atoms with Gasteiger partial charge in [0.05, 0.1) is 18.6 Å². The molecular formula is C15H14N4O3S. The van der Waals surface area contributed by atoms with Gasteiger partial charge in [0.1, 0.15) is 5.76 Å². The summed E-state index contributed by atoms with van der Waals surface area (Å²) in [5.41, 5.74) is 0.836. The zero-order chi connectivity index (χ0) is 16.2. The number of thioether (sulfide) groups is 1. The molecule has 3 aromatic rings. The minimum atomic E-state index is 0.0836. The maximum absolute atomic E-state index is 9.09. The Balaban J connectivity index is 1.77. The number of aliphatic hydroxyl groups is 1. The summed E-state index contributed by atoms with van der Waals surface area (Å²) in [5.74, 6) is 2.74. The van der Waals surface area contributed by atoms with E-state index in [1.165, 1.54) is 11.8 Å². The van der Waals surface area contributed by atoms with E-state index in [0.29, 0.717) is 34.1 Å². The molecule has 0 saturated heterocycles. The van der Waals surface area contributed by atoms with Gasteiger partial charge in [0, 0.05) is 17.8 Å². The minimum Gasteiger partial charge on any atom is -0.512 e. The number of pyridine rings is 1. The summed E-state index contributed by atoms with van der Waals surface area (Å²) in [4.78, 5) is 7.17. The van der Waals surface area contributed by atoms with E-state index in [4.69, 9.17) is 14.3 Å². The van der Waals surface area contributed by atoms with Crippen LogP contribution in [0.4, 0.5) is 0 Å². The molecule has 0 radical (unpaired) electrons. The monoisotopic (exact) mass is 330 g/mol. The van der Waals surface area contributed by atoms with Crippen LogP contribution >= 0.6 is 11.8 Å². The van der Waals surface area contributed by atoms with Crippen LogP contribution in [0.5, 0.6) is 5.88 Å². The lowest BCUT2D eigenvalue weighted by molar-refractivity contribution is 0.398. The van der Waals surface area contributed by atoms with Crippen LogP contribution in [0.15, 0.2) is 52.4 Å². The second kappa shape index (κ2) is 6.57. The molecule has 0 aromatic carbocycles. The van der Waals surface area contributed by atoms with Crippen molar-refractivity contribution in [1.29, 1.82) is 0 Å². The predicted molar refractivity (Wildman–Crippen MR) is 86.4 cm³/mol. The van der Waals surface area contributed by atoms with Gasteiger partial charge in [-0.15, -0.1) is 10.2 Å². The molecule has 3 heterocycles. The van der Waals surface area contributed by atoms with Gasteiger partial charge < -0.3 is 19.2 Å². The molecule has 7 nitrogen and oxygen atoms in total.